The van der Waals surface area contributed by atoms with Gasteiger partial charge in [-0.05, 0) is 55.7 Å². The molecule has 1 unspecified atom stereocenters. The summed E-state index contributed by atoms with van der Waals surface area (Å²) >= 11 is 6.07. The smallest absolute Gasteiger partial charge is 0.265 e. The molecule has 0 radical (unpaired) electrons. The Balaban J connectivity index is 1.44. The zero-order chi connectivity index (χ0) is 19.8. The average Bonchev–Trinajstić information content (AvgIpc) is 2.72. The lowest BCUT2D eigenvalue weighted by Crippen LogP contribution is -2.30. The Labute approximate surface area is 172 Å². The highest BCUT2D eigenvalue weighted by atomic mass is 35.5. The summed E-state index contributed by atoms with van der Waals surface area (Å²) in [7, 11) is 0. The molecule has 28 heavy (non-hydrogen) atoms. The van der Waals surface area contributed by atoms with Crippen LogP contribution >= 0.6 is 11.6 Å². The molecule has 2 aromatic rings. The number of rotatable bonds is 8. The lowest BCUT2D eigenvalue weighted by atomic mass is 9.87. The molecule has 1 aliphatic rings. The first-order valence-corrected chi connectivity index (χ1v) is 10.4. The topological polar surface area (TPSA) is 47.6 Å². The van der Waals surface area contributed by atoms with Crippen LogP contribution in [0.4, 0.5) is 5.69 Å². The molecule has 4 nitrogen and oxygen atoms in total. The van der Waals surface area contributed by atoms with E-state index in [1.54, 1.807) is 19.1 Å². The molecule has 1 aliphatic carbocycles. The second-order valence-corrected chi connectivity index (χ2v) is 7.75. The number of para-hydroxylation sites is 1. The van der Waals surface area contributed by atoms with Crippen molar-refractivity contribution in [1.82, 2.24) is 0 Å². The largest absolute Gasteiger partial charge is 0.494 e. The van der Waals surface area contributed by atoms with E-state index in [0.717, 1.165) is 24.7 Å². The Kier molecular flexibility index (Phi) is 7.61. The summed E-state index contributed by atoms with van der Waals surface area (Å²) in [6.45, 7) is 2.44. The molecular weight excluding hydrogens is 374 g/mol. The van der Waals surface area contributed by atoms with E-state index in [1.165, 1.54) is 32.1 Å². The van der Waals surface area contributed by atoms with Gasteiger partial charge in [-0.25, -0.2) is 0 Å². The van der Waals surface area contributed by atoms with Crippen molar-refractivity contribution in [3.8, 4) is 11.5 Å². The van der Waals surface area contributed by atoms with E-state index in [1.807, 2.05) is 36.4 Å². The monoisotopic (exact) mass is 401 g/mol. The van der Waals surface area contributed by atoms with Crippen molar-refractivity contribution < 1.29 is 14.3 Å². The van der Waals surface area contributed by atoms with Gasteiger partial charge in [-0.15, -0.1) is 0 Å². The summed E-state index contributed by atoms with van der Waals surface area (Å²) in [6.07, 6.45) is 7.23. The maximum absolute atomic E-state index is 12.3. The van der Waals surface area contributed by atoms with Crippen molar-refractivity contribution in [3.05, 3.63) is 53.6 Å². The van der Waals surface area contributed by atoms with Crippen LogP contribution in [0.3, 0.4) is 0 Å². The van der Waals surface area contributed by atoms with Gasteiger partial charge in [0.25, 0.3) is 5.91 Å². The van der Waals surface area contributed by atoms with E-state index < -0.39 is 6.10 Å². The molecule has 0 bridgehead atoms. The van der Waals surface area contributed by atoms with Gasteiger partial charge in [0.1, 0.15) is 11.5 Å². The maximum atomic E-state index is 12.3. The van der Waals surface area contributed by atoms with Crippen molar-refractivity contribution in [2.24, 2.45) is 5.92 Å². The molecule has 3 rings (SSSR count). The number of benzene rings is 2. The summed E-state index contributed by atoms with van der Waals surface area (Å²) in [5.41, 5.74) is 0.708. The number of halogens is 1. The molecule has 1 fully saturated rings. The van der Waals surface area contributed by atoms with E-state index in [4.69, 9.17) is 21.1 Å². The minimum Gasteiger partial charge on any atom is -0.494 e. The van der Waals surface area contributed by atoms with Gasteiger partial charge < -0.3 is 14.8 Å². The number of hydrogen-bond donors (Lipinski definition) is 1. The lowest BCUT2D eigenvalue weighted by molar-refractivity contribution is -0.122. The third-order valence-corrected chi connectivity index (χ3v) is 5.46. The minimum atomic E-state index is -0.661. The van der Waals surface area contributed by atoms with Gasteiger partial charge >= 0.3 is 0 Å². The van der Waals surface area contributed by atoms with E-state index in [0.29, 0.717) is 16.5 Å². The van der Waals surface area contributed by atoms with Crippen LogP contribution in [0.5, 0.6) is 11.5 Å². The van der Waals surface area contributed by atoms with Gasteiger partial charge in [0.2, 0.25) is 0 Å². The summed E-state index contributed by atoms with van der Waals surface area (Å²) in [4.78, 5) is 12.3. The van der Waals surface area contributed by atoms with Gasteiger partial charge in [0.05, 0.1) is 11.6 Å². The first-order valence-electron chi connectivity index (χ1n) is 10.1. The molecule has 2 aromatic carbocycles. The highest BCUT2D eigenvalue weighted by Crippen LogP contribution is 2.27. The van der Waals surface area contributed by atoms with Crippen LogP contribution in [0.15, 0.2) is 48.5 Å². The van der Waals surface area contributed by atoms with E-state index in [-0.39, 0.29) is 5.91 Å². The minimum absolute atomic E-state index is 0.231. The second kappa shape index (κ2) is 10.4. The molecule has 0 saturated heterocycles. The van der Waals surface area contributed by atoms with Crippen LogP contribution < -0.4 is 14.8 Å². The van der Waals surface area contributed by atoms with Crippen LogP contribution in [0.2, 0.25) is 5.02 Å². The Morgan fingerprint density at radius 3 is 2.54 bits per heavy atom. The molecular formula is C23H28ClNO3. The molecule has 0 heterocycles. The highest BCUT2D eigenvalue weighted by molar-refractivity contribution is 6.32. The summed E-state index contributed by atoms with van der Waals surface area (Å²) in [6, 6.07) is 14.6. The van der Waals surface area contributed by atoms with E-state index in [2.05, 4.69) is 5.32 Å². The molecule has 1 atom stereocenters. The Bertz CT molecular complexity index is 757. The highest BCUT2D eigenvalue weighted by Gasteiger charge is 2.16. The third-order valence-electron chi connectivity index (χ3n) is 5.15. The van der Waals surface area contributed by atoms with Crippen molar-refractivity contribution in [3.63, 3.8) is 0 Å². The summed E-state index contributed by atoms with van der Waals surface area (Å²) in [5.74, 6) is 1.90. The van der Waals surface area contributed by atoms with Crippen LogP contribution in [0.25, 0.3) is 0 Å². The fourth-order valence-electron chi connectivity index (χ4n) is 3.48. The Morgan fingerprint density at radius 2 is 1.82 bits per heavy atom. The first-order chi connectivity index (χ1) is 13.6. The number of carbonyl (C=O) groups excluding carboxylic acids is 1. The SMILES string of the molecule is CC(Oc1ccccc1Cl)C(=O)Nc1ccc(OCCC2CCCCC2)cc1. The molecule has 0 aliphatic heterocycles. The van der Waals surface area contributed by atoms with Crippen LogP contribution in [0.1, 0.15) is 45.4 Å². The predicted octanol–water partition coefficient (Wildman–Crippen LogP) is 6.10. The van der Waals surface area contributed by atoms with Crippen LogP contribution in [-0.4, -0.2) is 18.6 Å². The molecule has 0 aromatic heterocycles. The van der Waals surface area contributed by atoms with Gasteiger partial charge in [-0.3, -0.25) is 4.79 Å². The summed E-state index contributed by atoms with van der Waals surface area (Å²) in [5, 5.41) is 3.34. The lowest BCUT2D eigenvalue weighted by Gasteiger charge is -2.21. The molecule has 1 amide bonds. The van der Waals surface area contributed by atoms with Crippen molar-refractivity contribution in [2.75, 3.05) is 11.9 Å². The van der Waals surface area contributed by atoms with Gasteiger partial charge in [-0.2, -0.15) is 0 Å². The third kappa shape index (κ3) is 6.16. The summed E-state index contributed by atoms with van der Waals surface area (Å²) < 4.78 is 11.5. The van der Waals surface area contributed by atoms with Crippen molar-refractivity contribution in [2.45, 2.75) is 51.6 Å². The maximum Gasteiger partial charge on any atom is 0.265 e. The van der Waals surface area contributed by atoms with Crippen molar-refractivity contribution >= 4 is 23.2 Å². The van der Waals surface area contributed by atoms with Crippen molar-refractivity contribution in [1.29, 1.82) is 0 Å². The molecule has 1 N–H and O–H groups in total. The fourth-order valence-corrected chi connectivity index (χ4v) is 3.66. The second-order valence-electron chi connectivity index (χ2n) is 7.35. The Hall–Kier alpha value is -2.20. The number of amides is 1. The van der Waals surface area contributed by atoms with E-state index >= 15 is 0 Å². The number of nitrogens with one attached hydrogen (secondary N) is 1. The Morgan fingerprint density at radius 1 is 1.11 bits per heavy atom. The van der Waals surface area contributed by atoms with Crippen LogP contribution in [0, 0.1) is 5.92 Å². The first kappa shape index (κ1) is 20.5. The molecule has 5 heteroatoms. The fraction of sp³-hybridized carbons (Fsp3) is 0.435. The van der Waals surface area contributed by atoms with E-state index in [9.17, 15) is 4.79 Å². The average molecular weight is 402 g/mol. The zero-order valence-electron chi connectivity index (χ0n) is 16.3. The van der Waals surface area contributed by atoms with Gasteiger partial charge in [0, 0.05) is 5.69 Å². The molecule has 150 valence electrons. The number of ether oxygens (including phenoxy) is 2. The number of hydrogen-bond acceptors (Lipinski definition) is 3. The zero-order valence-corrected chi connectivity index (χ0v) is 17.1. The molecule has 0 spiro atoms. The molecule has 1 saturated carbocycles. The van der Waals surface area contributed by atoms with Gasteiger partial charge in [0.15, 0.2) is 6.10 Å². The predicted molar refractivity (Wildman–Crippen MR) is 113 cm³/mol. The normalized spacial score (nSPS) is 15.6. The quantitative estimate of drug-likeness (QED) is 0.581. The standard InChI is InChI=1S/C23H28ClNO3/c1-17(28-22-10-6-5-9-21(22)24)23(26)25-19-11-13-20(14-12-19)27-16-15-18-7-3-2-4-8-18/h5-6,9-14,17-18H,2-4,7-8,15-16H2,1H3,(H,25,26). The number of carbonyl (C=O) groups is 1. The van der Waals surface area contributed by atoms with Gasteiger partial charge in [-0.1, -0.05) is 55.8 Å². The number of anilines is 1. The van der Waals surface area contributed by atoms with Crippen LogP contribution in [-0.2, 0) is 4.79 Å².